The highest BCUT2D eigenvalue weighted by atomic mass is 32.2. The van der Waals surface area contributed by atoms with Gasteiger partial charge < -0.3 is 9.53 Å². The van der Waals surface area contributed by atoms with Crippen molar-refractivity contribution in [1.82, 2.24) is 0 Å². The van der Waals surface area contributed by atoms with Crippen LogP contribution in [0.4, 0.5) is 0 Å². The number of thioether (sulfide) groups is 1. The van der Waals surface area contributed by atoms with Crippen molar-refractivity contribution in [2.45, 2.75) is 63.1 Å². The van der Waals surface area contributed by atoms with Crippen molar-refractivity contribution in [2.24, 2.45) is 0 Å². The SMILES string of the molecule is CSc1cccc2cc(O[Si](C(C)C)(C(C)C)C(C)C)cc(O)c12. The molecule has 0 aromatic heterocycles. The predicted octanol–water partition coefficient (Wildman–Crippen LogP) is 6.82. The molecule has 4 heteroatoms. The first kappa shape index (κ1) is 19.2. The average molecular weight is 363 g/mol. The van der Waals surface area contributed by atoms with Crippen molar-refractivity contribution in [2.75, 3.05) is 6.26 Å². The van der Waals surface area contributed by atoms with E-state index in [1.807, 2.05) is 24.5 Å². The van der Waals surface area contributed by atoms with Crippen LogP contribution in [0.1, 0.15) is 41.5 Å². The predicted molar refractivity (Wildman–Crippen MR) is 109 cm³/mol. The van der Waals surface area contributed by atoms with Gasteiger partial charge in [0, 0.05) is 16.3 Å². The summed E-state index contributed by atoms with van der Waals surface area (Å²) >= 11 is 1.65. The molecule has 132 valence electrons. The second-order valence-corrected chi connectivity index (χ2v) is 13.6. The monoisotopic (exact) mass is 362 g/mol. The number of rotatable bonds is 6. The minimum Gasteiger partial charge on any atom is -0.543 e. The summed E-state index contributed by atoms with van der Waals surface area (Å²) < 4.78 is 6.72. The van der Waals surface area contributed by atoms with Crippen LogP contribution in [0.3, 0.4) is 0 Å². The maximum Gasteiger partial charge on any atom is 0.258 e. The number of benzene rings is 2. The lowest BCUT2D eigenvalue weighted by Crippen LogP contribution is -2.50. The summed E-state index contributed by atoms with van der Waals surface area (Å²) in [5, 5.41) is 12.6. The lowest BCUT2D eigenvalue weighted by atomic mass is 10.1. The highest BCUT2D eigenvalue weighted by Crippen LogP contribution is 2.44. The van der Waals surface area contributed by atoms with Gasteiger partial charge >= 0.3 is 0 Å². The van der Waals surface area contributed by atoms with Crippen molar-refractivity contribution in [3.8, 4) is 11.5 Å². The molecule has 24 heavy (non-hydrogen) atoms. The van der Waals surface area contributed by atoms with E-state index in [2.05, 4.69) is 47.6 Å². The summed E-state index contributed by atoms with van der Waals surface area (Å²) in [5.41, 5.74) is 1.52. The number of hydrogen-bond acceptors (Lipinski definition) is 3. The first-order valence-electron chi connectivity index (χ1n) is 8.72. The Kier molecular flexibility index (Phi) is 5.92. The largest absolute Gasteiger partial charge is 0.543 e. The van der Waals surface area contributed by atoms with E-state index in [1.54, 1.807) is 17.8 Å². The zero-order chi connectivity index (χ0) is 18.1. The fraction of sp³-hybridized carbons (Fsp3) is 0.500. The molecule has 0 aliphatic carbocycles. The molecule has 0 atom stereocenters. The second-order valence-electron chi connectivity index (χ2n) is 7.42. The molecular formula is C20H30O2SSi. The summed E-state index contributed by atoms with van der Waals surface area (Å²) in [6, 6.07) is 10.0. The van der Waals surface area contributed by atoms with Crippen LogP contribution >= 0.6 is 11.8 Å². The van der Waals surface area contributed by atoms with E-state index < -0.39 is 8.32 Å². The third-order valence-corrected chi connectivity index (χ3v) is 11.9. The molecule has 2 aromatic carbocycles. The Morgan fingerprint density at radius 3 is 2.04 bits per heavy atom. The average Bonchev–Trinajstić information content (AvgIpc) is 2.50. The molecule has 0 bridgehead atoms. The van der Waals surface area contributed by atoms with Crippen LogP contribution < -0.4 is 4.43 Å². The van der Waals surface area contributed by atoms with Gasteiger partial charge in [-0.05, 0) is 40.4 Å². The molecule has 0 saturated heterocycles. The van der Waals surface area contributed by atoms with Gasteiger partial charge in [-0.2, -0.15) is 0 Å². The maximum absolute atomic E-state index is 10.6. The minimum absolute atomic E-state index is 0.312. The zero-order valence-electron chi connectivity index (χ0n) is 15.9. The smallest absolute Gasteiger partial charge is 0.258 e. The van der Waals surface area contributed by atoms with E-state index >= 15 is 0 Å². The van der Waals surface area contributed by atoms with Crippen molar-refractivity contribution < 1.29 is 9.53 Å². The van der Waals surface area contributed by atoms with Crippen LogP contribution in [0.5, 0.6) is 11.5 Å². The van der Waals surface area contributed by atoms with Gasteiger partial charge in [0.25, 0.3) is 8.32 Å². The van der Waals surface area contributed by atoms with Gasteiger partial charge in [0.05, 0.1) is 0 Å². The molecule has 0 aliphatic heterocycles. The van der Waals surface area contributed by atoms with Crippen LogP contribution in [0.2, 0.25) is 16.6 Å². The number of phenols is 1. The molecular weight excluding hydrogens is 332 g/mol. The molecule has 0 saturated carbocycles. The van der Waals surface area contributed by atoms with Crippen molar-refractivity contribution in [3.05, 3.63) is 30.3 Å². The van der Waals surface area contributed by atoms with Gasteiger partial charge in [-0.3, -0.25) is 0 Å². The number of hydrogen-bond donors (Lipinski definition) is 1. The Morgan fingerprint density at radius 1 is 0.958 bits per heavy atom. The van der Waals surface area contributed by atoms with Crippen LogP contribution in [-0.2, 0) is 0 Å². The molecule has 2 aromatic rings. The molecule has 0 fully saturated rings. The topological polar surface area (TPSA) is 29.5 Å². The Hall–Kier alpha value is -1.13. The molecule has 2 nitrogen and oxygen atoms in total. The Bertz CT molecular complexity index is 688. The summed E-state index contributed by atoms with van der Waals surface area (Å²) in [6.07, 6.45) is 2.03. The van der Waals surface area contributed by atoms with Gasteiger partial charge in [-0.25, -0.2) is 0 Å². The molecule has 0 aliphatic rings. The van der Waals surface area contributed by atoms with E-state index in [0.29, 0.717) is 22.4 Å². The van der Waals surface area contributed by atoms with Crippen LogP contribution in [0.25, 0.3) is 10.8 Å². The van der Waals surface area contributed by atoms with Crippen molar-refractivity contribution in [3.63, 3.8) is 0 Å². The molecule has 0 spiro atoms. The molecule has 1 N–H and O–H groups in total. The second kappa shape index (κ2) is 7.40. The van der Waals surface area contributed by atoms with E-state index in [0.717, 1.165) is 21.4 Å². The first-order valence-corrected chi connectivity index (χ1v) is 12.1. The summed E-state index contributed by atoms with van der Waals surface area (Å²) in [7, 11) is -2.02. The summed E-state index contributed by atoms with van der Waals surface area (Å²) in [6.45, 7) is 13.7. The first-order chi connectivity index (χ1) is 11.2. The van der Waals surface area contributed by atoms with Gasteiger partial charge in [0.15, 0.2) is 0 Å². The van der Waals surface area contributed by atoms with E-state index in [4.69, 9.17) is 4.43 Å². The maximum atomic E-state index is 10.6. The fourth-order valence-corrected chi connectivity index (χ4v) is 10.0. The Morgan fingerprint density at radius 2 is 1.54 bits per heavy atom. The minimum atomic E-state index is -2.02. The van der Waals surface area contributed by atoms with Crippen LogP contribution in [-0.4, -0.2) is 19.7 Å². The molecule has 2 rings (SSSR count). The standard InChI is InChI=1S/C20H30O2SSi/c1-13(2)24(14(3)4,15(5)6)22-17-11-16-9-8-10-19(23-7)20(16)18(21)12-17/h8-15,21H,1-7H3. The lowest BCUT2D eigenvalue weighted by molar-refractivity contribution is 0.460. The van der Waals surface area contributed by atoms with E-state index in [1.165, 1.54) is 0 Å². The number of aromatic hydroxyl groups is 1. The van der Waals surface area contributed by atoms with Gasteiger partial charge in [0.2, 0.25) is 0 Å². The molecule has 0 unspecified atom stereocenters. The number of phenolic OH excluding ortho intramolecular Hbond substituents is 1. The molecule has 0 radical (unpaired) electrons. The Balaban J connectivity index is 2.56. The van der Waals surface area contributed by atoms with Gasteiger partial charge in [0.1, 0.15) is 11.5 Å². The third kappa shape index (κ3) is 3.31. The normalized spacial score (nSPS) is 12.6. The summed E-state index contributed by atoms with van der Waals surface area (Å²) in [5.74, 6) is 1.12. The zero-order valence-corrected chi connectivity index (χ0v) is 17.7. The van der Waals surface area contributed by atoms with Crippen LogP contribution in [0, 0.1) is 0 Å². The third-order valence-electron chi connectivity index (χ3n) is 5.11. The quantitative estimate of drug-likeness (QED) is 0.451. The molecule has 0 heterocycles. The Labute approximate surface area is 151 Å². The highest BCUT2D eigenvalue weighted by Gasteiger charge is 2.47. The highest BCUT2D eigenvalue weighted by molar-refractivity contribution is 7.98. The lowest BCUT2D eigenvalue weighted by Gasteiger charge is -2.42. The molecule has 0 amide bonds. The van der Waals surface area contributed by atoms with Crippen molar-refractivity contribution >= 4 is 30.9 Å². The van der Waals surface area contributed by atoms with E-state index in [-0.39, 0.29) is 0 Å². The fourth-order valence-electron chi connectivity index (χ4n) is 4.13. The van der Waals surface area contributed by atoms with Gasteiger partial charge in [-0.1, -0.05) is 53.7 Å². The summed E-state index contributed by atoms with van der Waals surface area (Å²) in [4.78, 5) is 1.09. The van der Waals surface area contributed by atoms with Crippen LogP contribution in [0.15, 0.2) is 35.2 Å². The van der Waals surface area contributed by atoms with Gasteiger partial charge in [-0.15, -0.1) is 11.8 Å². The van der Waals surface area contributed by atoms with Crippen molar-refractivity contribution in [1.29, 1.82) is 0 Å². The van der Waals surface area contributed by atoms with E-state index in [9.17, 15) is 5.11 Å². The number of fused-ring (bicyclic) bond motifs is 1.